The van der Waals surface area contributed by atoms with Crippen LogP contribution in [0.3, 0.4) is 0 Å². The van der Waals surface area contributed by atoms with Gasteiger partial charge in [0.2, 0.25) is 5.91 Å². The summed E-state index contributed by atoms with van der Waals surface area (Å²) in [5.74, 6) is -0.851. The van der Waals surface area contributed by atoms with Gasteiger partial charge in [0.1, 0.15) is 5.54 Å². The molecular formula is C13H19N3O5. The molecule has 2 N–H and O–H groups in total. The number of nitrogens with one attached hydrogen (secondary N) is 2. The van der Waals surface area contributed by atoms with E-state index in [4.69, 9.17) is 4.74 Å². The zero-order valence-corrected chi connectivity index (χ0v) is 11.9. The van der Waals surface area contributed by atoms with Gasteiger partial charge in [0, 0.05) is 19.5 Å². The first-order valence-electron chi connectivity index (χ1n) is 7.04. The number of ether oxygens (including phenoxy) is 1. The number of rotatable bonds is 4. The summed E-state index contributed by atoms with van der Waals surface area (Å²) in [7, 11) is 0. The number of hydrogen-bond donors (Lipinski definition) is 2. The van der Waals surface area contributed by atoms with Crippen molar-refractivity contribution < 1.29 is 23.9 Å². The highest BCUT2D eigenvalue weighted by atomic mass is 16.5. The molecule has 2 aliphatic rings. The molecule has 4 amide bonds. The van der Waals surface area contributed by atoms with Gasteiger partial charge in [-0.2, -0.15) is 0 Å². The third-order valence-corrected chi connectivity index (χ3v) is 3.83. The molecule has 0 aromatic rings. The van der Waals surface area contributed by atoms with E-state index in [2.05, 4.69) is 10.6 Å². The van der Waals surface area contributed by atoms with E-state index in [1.54, 1.807) is 11.8 Å². The van der Waals surface area contributed by atoms with Crippen LogP contribution in [0.15, 0.2) is 0 Å². The minimum absolute atomic E-state index is 0.0610. The van der Waals surface area contributed by atoms with Crippen LogP contribution in [-0.2, 0) is 19.1 Å². The Labute approximate surface area is 122 Å². The van der Waals surface area contributed by atoms with E-state index in [0.717, 1.165) is 0 Å². The number of urea groups is 1. The van der Waals surface area contributed by atoms with E-state index >= 15 is 0 Å². The number of carbonyl (C=O) groups is 4. The van der Waals surface area contributed by atoms with Crippen LogP contribution in [-0.4, -0.2) is 54.0 Å². The van der Waals surface area contributed by atoms with Crippen molar-refractivity contribution in [3.05, 3.63) is 0 Å². The maximum absolute atomic E-state index is 12.0. The van der Waals surface area contributed by atoms with Crippen molar-refractivity contribution in [1.82, 2.24) is 15.5 Å². The van der Waals surface area contributed by atoms with Crippen LogP contribution in [0.4, 0.5) is 4.79 Å². The molecule has 8 heteroatoms. The molecule has 0 radical (unpaired) electrons. The first-order valence-corrected chi connectivity index (χ1v) is 7.04. The topological polar surface area (TPSA) is 105 Å². The molecule has 0 unspecified atom stereocenters. The van der Waals surface area contributed by atoms with Gasteiger partial charge < -0.3 is 15.0 Å². The summed E-state index contributed by atoms with van der Waals surface area (Å²) in [6.07, 6.45) is 0.932. The molecule has 2 heterocycles. The Morgan fingerprint density at radius 1 is 1.24 bits per heavy atom. The second-order valence-electron chi connectivity index (χ2n) is 5.18. The maximum Gasteiger partial charge on any atom is 0.322 e. The van der Waals surface area contributed by atoms with Gasteiger partial charge in [0.15, 0.2) is 0 Å². The van der Waals surface area contributed by atoms with E-state index in [0.29, 0.717) is 32.5 Å². The van der Waals surface area contributed by atoms with Crippen molar-refractivity contribution in [2.24, 2.45) is 0 Å². The number of likely N-dealkylation sites (tertiary alicyclic amines) is 1. The lowest BCUT2D eigenvalue weighted by Gasteiger charge is -2.37. The number of hydrogen-bond acceptors (Lipinski definition) is 5. The summed E-state index contributed by atoms with van der Waals surface area (Å²) in [5, 5.41) is 4.86. The molecule has 0 bridgehead atoms. The fourth-order valence-electron chi connectivity index (χ4n) is 2.62. The zero-order chi connectivity index (χ0) is 15.5. The van der Waals surface area contributed by atoms with Gasteiger partial charge in [-0.1, -0.05) is 0 Å². The molecule has 8 nitrogen and oxygen atoms in total. The lowest BCUT2D eigenvalue weighted by Crippen LogP contribution is -2.55. The maximum atomic E-state index is 12.0. The minimum atomic E-state index is -0.880. The summed E-state index contributed by atoms with van der Waals surface area (Å²) in [4.78, 5) is 47.8. The SMILES string of the molecule is CCOC(=O)CCC(=O)N1CCC2(CC1)NC(=O)NC2=O. The lowest BCUT2D eigenvalue weighted by atomic mass is 9.87. The highest BCUT2D eigenvalue weighted by Crippen LogP contribution is 2.25. The number of amides is 4. The number of piperidine rings is 1. The number of carbonyl (C=O) groups excluding carboxylic acids is 4. The van der Waals surface area contributed by atoms with E-state index < -0.39 is 11.6 Å². The predicted octanol–water partition coefficient (Wildman–Crippen LogP) is -0.470. The van der Waals surface area contributed by atoms with E-state index in [1.807, 2.05) is 0 Å². The molecule has 0 aromatic heterocycles. The fraction of sp³-hybridized carbons (Fsp3) is 0.692. The fourth-order valence-corrected chi connectivity index (χ4v) is 2.62. The van der Waals surface area contributed by atoms with Crippen molar-refractivity contribution in [3.8, 4) is 0 Å². The smallest absolute Gasteiger partial charge is 0.322 e. The quantitative estimate of drug-likeness (QED) is 0.539. The van der Waals surface area contributed by atoms with Crippen LogP contribution in [0.2, 0.25) is 0 Å². The van der Waals surface area contributed by atoms with Crippen LogP contribution in [0.5, 0.6) is 0 Å². The Balaban J connectivity index is 1.81. The summed E-state index contributed by atoms with van der Waals surface area (Å²) < 4.78 is 4.77. The summed E-state index contributed by atoms with van der Waals surface area (Å²) in [5.41, 5.74) is -0.880. The molecule has 0 aromatic carbocycles. The first kappa shape index (κ1) is 15.3. The molecule has 0 atom stereocenters. The monoisotopic (exact) mass is 297 g/mol. The normalized spacial score (nSPS) is 20.1. The van der Waals surface area contributed by atoms with E-state index in [-0.39, 0.29) is 30.6 Å². The molecule has 0 saturated carbocycles. The van der Waals surface area contributed by atoms with Gasteiger partial charge in [-0.25, -0.2) is 4.79 Å². The van der Waals surface area contributed by atoms with Gasteiger partial charge in [0.05, 0.1) is 13.0 Å². The summed E-state index contributed by atoms with van der Waals surface area (Å²) in [6, 6.07) is -0.484. The summed E-state index contributed by atoms with van der Waals surface area (Å²) in [6.45, 7) is 2.78. The Hall–Kier alpha value is -2.12. The lowest BCUT2D eigenvalue weighted by molar-refractivity contribution is -0.146. The van der Waals surface area contributed by atoms with Gasteiger partial charge in [0.25, 0.3) is 5.91 Å². The highest BCUT2D eigenvalue weighted by Gasteiger charge is 2.48. The minimum Gasteiger partial charge on any atom is -0.466 e. The van der Waals surface area contributed by atoms with Gasteiger partial charge in [-0.15, -0.1) is 0 Å². The molecular weight excluding hydrogens is 278 g/mol. The van der Waals surface area contributed by atoms with E-state index in [1.165, 1.54) is 0 Å². The van der Waals surface area contributed by atoms with Gasteiger partial charge >= 0.3 is 12.0 Å². The highest BCUT2D eigenvalue weighted by molar-refractivity contribution is 6.07. The second-order valence-corrected chi connectivity index (χ2v) is 5.18. The Bertz CT molecular complexity index is 468. The van der Waals surface area contributed by atoms with Crippen molar-refractivity contribution in [2.45, 2.75) is 38.1 Å². The van der Waals surface area contributed by atoms with Crippen LogP contribution in [0.25, 0.3) is 0 Å². The average Bonchev–Trinajstić information content (AvgIpc) is 2.71. The molecule has 1 spiro atoms. The number of nitrogens with zero attached hydrogens (tertiary/aromatic N) is 1. The third kappa shape index (κ3) is 3.32. The molecule has 2 rings (SSSR count). The Kier molecular flexibility index (Phi) is 4.44. The third-order valence-electron chi connectivity index (χ3n) is 3.83. The standard InChI is InChI=1S/C13H19N3O5/c1-2-21-10(18)4-3-9(17)16-7-5-13(6-8-16)11(19)14-12(20)15-13/h2-8H2,1H3,(H2,14,15,19,20). The average molecular weight is 297 g/mol. The van der Waals surface area contributed by atoms with Crippen molar-refractivity contribution >= 4 is 23.8 Å². The van der Waals surface area contributed by atoms with E-state index in [9.17, 15) is 19.2 Å². The zero-order valence-electron chi connectivity index (χ0n) is 11.9. The van der Waals surface area contributed by atoms with Crippen molar-refractivity contribution in [1.29, 1.82) is 0 Å². The first-order chi connectivity index (χ1) is 9.97. The molecule has 2 fully saturated rings. The molecule has 116 valence electrons. The van der Waals surface area contributed by atoms with Crippen molar-refractivity contribution in [3.63, 3.8) is 0 Å². The Morgan fingerprint density at radius 3 is 2.43 bits per heavy atom. The van der Waals surface area contributed by atoms with Crippen LogP contribution in [0.1, 0.15) is 32.6 Å². The van der Waals surface area contributed by atoms with Gasteiger partial charge in [-0.05, 0) is 19.8 Å². The Morgan fingerprint density at radius 2 is 1.90 bits per heavy atom. The van der Waals surface area contributed by atoms with Gasteiger partial charge in [-0.3, -0.25) is 19.7 Å². The second kappa shape index (κ2) is 6.11. The van der Waals surface area contributed by atoms with Crippen LogP contribution >= 0.6 is 0 Å². The number of imide groups is 1. The molecule has 2 aliphatic heterocycles. The van der Waals surface area contributed by atoms with Crippen LogP contribution < -0.4 is 10.6 Å². The summed E-state index contributed by atoms with van der Waals surface area (Å²) >= 11 is 0. The predicted molar refractivity (Wildman–Crippen MR) is 71.1 cm³/mol. The van der Waals surface area contributed by atoms with Crippen LogP contribution in [0, 0.1) is 0 Å². The van der Waals surface area contributed by atoms with Crippen molar-refractivity contribution in [2.75, 3.05) is 19.7 Å². The molecule has 2 saturated heterocycles. The molecule has 0 aliphatic carbocycles. The number of esters is 1. The molecule has 21 heavy (non-hydrogen) atoms. The largest absolute Gasteiger partial charge is 0.466 e.